The van der Waals surface area contributed by atoms with Crippen LogP contribution in [0.25, 0.3) is 0 Å². The predicted molar refractivity (Wildman–Crippen MR) is 79.4 cm³/mol. The van der Waals surface area contributed by atoms with Crippen molar-refractivity contribution in [1.29, 1.82) is 0 Å². The molecule has 19 heavy (non-hydrogen) atoms. The molecular formula is C14H23NO3S. The third-order valence-corrected chi connectivity index (χ3v) is 4.40. The van der Waals surface area contributed by atoms with Crippen LogP contribution in [0.1, 0.15) is 18.9 Å². The van der Waals surface area contributed by atoms with Gasteiger partial charge < -0.3 is 14.8 Å². The molecule has 4 nitrogen and oxygen atoms in total. The zero-order valence-corrected chi connectivity index (χ0v) is 12.9. The van der Waals surface area contributed by atoms with Crippen molar-refractivity contribution in [3.05, 3.63) is 23.8 Å². The molecule has 0 amide bonds. The highest BCUT2D eigenvalue weighted by molar-refractivity contribution is 7.84. The molecule has 0 spiro atoms. The lowest BCUT2D eigenvalue weighted by Crippen LogP contribution is -2.21. The number of benzene rings is 1. The molecule has 1 rings (SSSR count). The maximum absolute atomic E-state index is 11.2. The van der Waals surface area contributed by atoms with Gasteiger partial charge in [-0.25, -0.2) is 0 Å². The first-order chi connectivity index (χ1) is 9.06. The topological polar surface area (TPSA) is 47.6 Å². The fourth-order valence-electron chi connectivity index (χ4n) is 1.67. The number of hydrogen-bond donors (Lipinski definition) is 1. The molecule has 0 aliphatic carbocycles. The summed E-state index contributed by atoms with van der Waals surface area (Å²) in [6, 6.07) is 5.82. The summed E-state index contributed by atoms with van der Waals surface area (Å²) in [4.78, 5) is 0. The largest absolute Gasteiger partial charge is 0.497 e. The molecule has 1 aromatic rings. The summed E-state index contributed by atoms with van der Waals surface area (Å²) in [6.45, 7) is 3.60. The molecule has 0 aliphatic heterocycles. The first-order valence-corrected chi connectivity index (χ1v) is 7.93. The minimum Gasteiger partial charge on any atom is -0.497 e. The van der Waals surface area contributed by atoms with Crippen LogP contribution in [-0.2, 0) is 17.3 Å². The lowest BCUT2D eigenvalue weighted by Gasteiger charge is -2.11. The Labute approximate surface area is 118 Å². The zero-order valence-electron chi connectivity index (χ0n) is 12.1. The number of nitrogens with one attached hydrogen (secondary N) is 1. The lowest BCUT2D eigenvalue weighted by atomic mass is 10.2. The van der Waals surface area contributed by atoms with Gasteiger partial charge in [-0.05, 0) is 30.7 Å². The quantitative estimate of drug-likeness (QED) is 0.742. The fourth-order valence-corrected chi connectivity index (χ4v) is 2.12. The van der Waals surface area contributed by atoms with Crippen LogP contribution in [-0.4, -0.2) is 36.5 Å². The van der Waals surface area contributed by atoms with Gasteiger partial charge in [0.05, 0.1) is 14.2 Å². The van der Waals surface area contributed by atoms with Gasteiger partial charge in [-0.2, -0.15) is 0 Å². The van der Waals surface area contributed by atoms with Crippen molar-refractivity contribution in [2.75, 3.05) is 27.0 Å². The van der Waals surface area contributed by atoms with Crippen molar-refractivity contribution in [3.63, 3.8) is 0 Å². The summed E-state index contributed by atoms with van der Waals surface area (Å²) in [6.07, 6.45) is 2.65. The molecule has 0 saturated carbocycles. The Balaban J connectivity index is 2.46. The second-order valence-corrected chi connectivity index (χ2v) is 6.30. The maximum Gasteiger partial charge on any atom is 0.122 e. The molecule has 0 fully saturated rings. The van der Waals surface area contributed by atoms with Gasteiger partial charge in [0.2, 0.25) is 0 Å². The van der Waals surface area contributed by atoms with E-state index in [2.05, 4.69) is 5.32 Å². The molecule has 5 heteroatoms. The van der Waals surface area contributed by atoms with Crippen LogP contribution in [0.4, 0.5) is 0 Å². The van der Waals surface area contributed by atoms with E-state index in [9.17, 15) is 4.21 Å². The van der Waals surface area contributed by atoms with E-state index >= 15 is 0 Å². The summed E-state index contributed by atoms with van der Waals surface area (Å²) in [7, 11) is 2.54. The zero-order chi connectivity index (χ0) is 14.3. The molecule has 108 valence electrons. The SMILES string of the molecule is COc1cc(CNCCC(C)S(C)=O)cc(OC)c1. The second-order valence-electron chi connectivity index (χ2n) is 4.50. The predicted octanol–water partition coefficient (Wildman–Crippen LogP) is 1.95. The third-order valence-electron chi connectivity index (χ3n) is 3.03. The van der Waals surface area contributed by atoms with Gasteiger partial charge in [-0.1, -0.05) is 6.92 Å². The van der Waals surface area contributed by atoms with Gasteiger partial charge in [0.1, 0.15) is 11.5 Å². The minimum atomic E-state index is -0.748. The smallest absolute Gasteiger partial charge is 0.122 e. The van der Waals surface area contributed by atoms with Crippen LogP contribution >= 0.6 is 0 Å². The van der Waals surface area contributed by atoms with E-state index in [-0.39, 0.29) is 5.25 Å². The van der Waals surface area contributed by atoms with Crippen molar-refractivity contribution in [2.45, 2.75) is 25.1 Å². The molecule has 0 radical (unpaired) electrons. The Morgan fingerprint density at radius 3 is 2.26 bits per heavy atom. The van der Waals surface area contributed by atoms with E-state index in [1.54, 1.807) is 20.5 Å². The molecular weight excluding hydrogens is 262 g/mol. The van der Waals surface area contributed by atoms with Crippen LogP contribution in [0.5, 0.6) is 11.5 Å². The van der Waals surface area contributed by atoms with E-state index in [0.717, 1.165) is 36.6 Å². The normalized spacial score (nSPS) is 13.9. The second kappa shape index (κ2) is 8.17. The van der Waals surface area contributed by atoms with E-state index in [0.29, 0.717) is 0 Å². The minimum absolute atomic E-state index is 0.229. The summed E-state index contributed by atoms with van der Waals surface area (Å²) < 4.78 is 21.7. The summed E-state index contributed by atoms with van der Waals surface area (Å²) >= 11 is 0. The Morgan fingerprint density at radius 2 is 1.79 bits per heavy atom. The van der Waals surface area contributed by atoms with E-state index < -0.39 is 10.8 Å². The van der Waals surface area contributed by atoms with Crippen LogP contribution < -0.4 is 14.8 Å². The summed E-state index contributed by atoms with van der Waals surface area (Å²) in [5.74, 6) is 1.58. The first kappa shape index (κ1) is 16.0. The molecule has 2 unspecified atom stereocenters. The molecule has 1 aromatic carbocycles. The van der Waals surface area contributed by atoms with Gasteiger partial charge in [-0.15, -0.1) is 0 Å². The van der Waals surface area contributed by atoms with Crippen LogP contribution in [0.15, 0.2) is 18.2 Å². The highest BCUT2D eigenvalue weighted by Gasteiger charge is 2.05. The van der Waals surface area contributed by atoms with Gasteiger partial charge in [0.25, 0.3) is 0 Å². The van der Waals surface area contributed by atoms with Gasteiger partial charge in [0.15, 0.2) is 0 Å². The Morgan fingerprint density at radius 1 is 1.21 bits per heavy atom. The number of ether oxygens (including phenoxy) is 2. The average molecular weight is 285 g/mol. The summed E-state index contributed by atoms with van der Waals surface area (Å²) in [5.41, 5.74) is 1.11. The average Bonchev–Trinajstić information content (AvgIpc) is 2.42. The van der Waals surface area contributed by atoms with Crippen LogP contribution in [0.2, 0.25) is 0 Å². The molecule has 0 saturated heterocycles. The highest BCUT2D eigenvalue weighted by atomic mass is 32.2. The first-order valence-electron chi connectivity index (χ1n) is 6.31. The standard InChI is InChI=1S/C14H23NO3S/c1-11(19(4)16)5-6-15-10-12-7-13(17-2)9-14(8-12)18-3/h7-9,11,15H,5-6,10H2,1-4H3. The Hall–Kier alpha value is -1.07. The number of hydrogen-bond acceptors (Lipinski definition) is 4. The van der Waals surface area contributed by atoms with E-state index in [1.807, 2.05) is 25.1 Å². The van der Waals surface area contributed by atoms with E-state index in [1.165, 1.54) is 0 Å². The molecule has 0 aliphatic rings. The van der Waals surface area contributed by atoms with Crippen molar-refractivity contribution < 1.29 is 13.7 Å². The highest BCUT2D eigenvalue weighted by Crippen LogP contribution is 2.22. The maximum atomic E-state index is 11.2. The van der Waals surface area contributed by atoms with Crippen LogP contribution in [0.3, 0.4) is 0 Å². The third kappa shape index (κ3) is 5.61. The lowest BCUT2D eigenvalue weighted by molar-refractivity contribution is 0.393. The van der Waals surface area contributed by atoms with Gasteiger partial charge in [-0.3, -0.25) is 4.21 Å². The Bertz CT molecular complexity index is 401. The van der Waals surface area contributed by atoms with Crippen molar-refractivity contribution in [3.8, 4) is 11.5 Å². The van der Waals surface area contributed by atoms with Crippen molar-refractivity contribution in [1.82, 2.24) is 5.32 Å². The summed E-state index contributed by atoms with van der Waals surface area (Å²) in [5, 5.41) is 3.57. The number of methoxy groups -OCH3 is 2. The van der Waals surface area contributed by atoms with Gasteiger partial charge in [0, 0.05) is 34.9 Å². The van der Waals surface area contributed by atoms with Crippen LogP contribution in [0, 0.1) is 0 Å². The van der Waals surface area contributed by atoms with Crippen molar-refractivity contribution in [2.24, 2.45) is 0 Å². The number of rotatable bonds is 8. The van der Waals surface area contributed by atoms with E-state index in [4.69, 9.17) is 9.47 Å². The van der Waals surface area contributed by atoms with Gasteiger partial charge >= 0.3 is 0 Å². The molecule has 0 aromatic heterocycles. The molecule has 1 N–H and O–H groups in total. The molecule has 0 bridgehead atoms. The Kier molecular flexibility index (Phi) is 6.87. The fraction of sp³-hybridized carbons (Fsp3) is 0.571. The van der Waals surface area contributed by atoms with Crippen molar-refractivity contribution >= 4 is 10.8 Å². The molecule has 2 atom stereocenters. The monoisotopic (exact) mass is 285 g/mol. The molecule has 0 heterocycles.